The number of methoxy groups -OCH3 is 1. The minimum Gasteiger partial charge on any atom is -0.496 e. The summed E-state index contributed by atoms with van der Waals surface area (Å²) in [4.78, 5) is 23.8. The van der Waals surface area contributed by atoms with Crippen molar-refractivity contribution in [2.45, 2.75) is 6.10 Å². The molecule has 0 bridgehead atoms. The molecule has 0 aliphatic carbocycles. The van der Waals surface area contributed by atoms with Gasteiger partial charge in [0, 0.05) is 23.7 Å². The Hall–Kier alpha value is -3.78. The maximum Gasteiger partial charge on any atom is 0.257 e. The SMILES string of the molecule is COc1ccc(C(=O)N2CCO[C@H](c3nc(-c4ccccn4)no3)C2)c2ccccc12. The largest absolute Gasteiger partial charge is 0.496 e. The zero-order chi connectivity index (χ0) is 21.2. The number of benzene rings is 2. The van der Waals surface area contributed by atoms with Crippen LogP contribution in [0.4, 0.5) is 0 Å². The van der Waals surface area contributed by atoms with Gasteiger partial charge in [0.2, 0.25) is 5.82 Å². The summed E-state index contributed by atoms with van der Waals surface area (Å²) in [7, 11) is 1.62. The average Bonchev–Trinajstić information content (AvgIpc) is 3.34. The van der Waals surface area contributed by atoms with Gasteiger partial charge in [-0.15, -0.1) is 0 Å². The lowest BCUT2D eigenvalue weighted by molar-refractivity contribution is -0.0366. The molecule has 4 aromatic rings. The van der Waals surface area contributed by atoms with E-state index >= 15 is 0 Å². The molecule has 1 saturated heterocycles. The van der Waals surface area contributed by atoms with Gasteiger partial charge in [0.15, 0.2) is 6.10 Å². The highest BCUT2D eigenvalue weighted by molar-refractivity contribution is 6.08. The summed E-state index contributed by atoms with van der Waals surface area (Å²) in [5, 5.41) is 5.76. The summed E-state index contributed by atoms with van der Waals surface area (Å²) in [5.74, 6) is 1.39. The molecule has 2 aromatic carbocycles. The number of pyridine rings is 1. The van der Waals surface area contributed by atoms with Gasteiger partial charge in [-0.25, -0.2) is 0 Å². The molecule has 0 N–H and O–H groups in total. The molecule has 1 amide bonds. The van der Waals surface area contributed by atoms with Crippen molar-refractivity contribution in [1.29, 1.82) is 0 Å². The van der Waals surface area contributed by atoms with E-state index in [0.717, 1.165) is 16.5 Å². The van der Waals surface area contributed by atoms with E-state index in [9.17, 15) is 4.79 Å². The highest BCUT2D eigenvalue weighted by atomic mass is 16.5. The number of hydrogen-bond donors (Lipinski definition) is 0. The molecule has 3 heterocycles. The van der Waals surface area contributed by atoms with Crippen LogP contribution in [0.25, 0.3) is 22.3 Å². The van der Waals surface area contributed by atoms with Crippen molar-refractivity contribution < 1.29 is 18.8 Å². The Morgan fingerprint density at radius 3 is 2.74 bits per heavy atom. The van der Waals surface area contributed by atoms with Crippen molar-refractivity contribution in [2.24, 2.45) is 0 Å². The maximum absolute atomic E-state index is 13.4. The fourth-order valence-corrected chi connectivity index (χ4v) is 3.75. The van der Waals surface area contributed by atoms with Gasteiger partial charge in [0.05, 0.1) is 20.3 Å². The van der Waals surface area contributed by atoms with Gasteiger partial charge in [-0.05, 0) is 29.7 Å². The molecule has 1 aliphatic rings. The summed E-state index contributed by atoms with van der Waals surface area (Å²) < 4.78 is 16.7. The molecule has 1 atom stereocenters. The van der Waals surface area contributed by atoms with Crippen LogP contribution in [0, 0.1) is 0 Å². The number of morpholine rings is 1. The Kier molecular flexibility index (Phi) is 5.05. The molecule has 0 unspecified atom stereocenters. The third kappa shape index (κ3) is 3.62. The van der Waals surface area contributed by atoms with Gasteiger partial charge in [0.1, 0.15) is 11.4 Å². The van der Waals surface area contributed by atoms with E-state index in [4.69, 9.17) is 14.0 Å². The third-order valence-electron chi connectivity index (χ3n) is 5.30. The van der Waals surface area contributed by atoms with Gasteiger partial charge in [-0.2, -0.15) is 4.98 Å². The van der Waals surface area contributed by atoms with Crippen LogP contribution in [-0.2, 0) is 4.74 Å². The molecule has 8 heteroatoms. The average molecular weight is 416 g/mol. The number of aromatic nitrogens is 3. The lowest BCUT2D eigenvalue weighted by Gasteiger charge is -2.31. The zero-order valence-electron chi connectivity index (χ0n) is 16.9. The lowest BCUT2D eigenvalue weighted by Crippen LogP contribution is -2.42. The molecule has 156 valence electrons. The smallest absolute Gasteiger partial charge is 0.257 e. The molecule has 2 aromatic heterocycles. The first-order chi connectivity index (χ1) is 15.2. The van der Waals surface area contributed by atoms with Gasteiger partial charge in [0.25, 0.3) is 11.8 Å². The van der Waals surface area contributed by atoms with Gasteiger partial charge in [-0.3, -0.25) is 9.78 Å². The Morgan fingerprint density at radius 1 is 1.10 bits per heavy atom. The number of ether oxygens (including phenoxy) is 2. The number of carbonyl (C=O) groups excluding carboxylic acids is 1. The maximum atomic E-state index is 13.4. The Balaban J connectivity index is 1.40. The monoisotopic (exact) mass is 416 g/mol. The first-order valence-corrected chi connectivity index (χ1v) is 9.96. The number of fused-ring (bicyclic) bond motifs is 1. The molecule has 5 rings (SSSR count). The molecule has 0 saturated carbocycles. The van der Waals surface area contributed by atoms with Crippen molar-refractivity contribution in [2.75, 3.05) is 26.8 Å². The molecule has 0 radical (unpaired) electrons. The lowest BCUT2D eigenvalue weighted by atomic mass is 10.0. The minimum absolute atomic E-state index is 0.0726. The predicted molar refractivity (Wildman–Crippen MR) is 113 cm³/mol. The number of carbonyl (C=O) groups is 1. The Bertz CT molecular complexity index is 1220. The van der Waals surface area contributed by atoms with E-state index in [-0.39, 0.29) is 5.91 Å². The van der Waals surface area contributed by atoms with Crippen molar-refractivity contribution in [3.8, 4) is 17.3 Å². The van der Waals surface area contributed by atoms with Crippen molar-refractivity contribution in [3.63, 3.8) is 0 Å². The third-order valence-corrected chi connectivity index (χ3v) is 5.30. The van der Waals surface area contributed by atoms with Crippen LogP contribution in [0.3, 0.4) is 0 Å². The number of hydrogen-bond acceptors (Lipinski definition) is 7. The van der Waals surface area contributed by atoms with Gasteiger partial charge < -0.3 is 18.9 Å². The summed E-state index contributed by atoms with van der Waals surface area (Å²) in [5.41, 5.74) is 1.24. The number of amides is 1. The second-order valence-corrected chi connectivity index (χ2v) is 7.14. The van der Waals surface area contributed by atoms with Crippen LogP contribution in [-0.4, -0.2) is 52.7 Å². The molecule has 1 aliphatic heterocycles. The second-order valence-electron chi connectivity index (χ2n) is 7.14. The number of rotatable bonds is 4. The van der Waals surface area contributed by atoms with E-state index in [2.05, 4.69) is 15.1 Å². The molecule has 0 spiro atoms. The molecular weight excluding hydrogens is 396 g/mol. The van der Waals surface area contributed by atoms with Gasteiger partial charge in [-0.1, -0.05) is 35.5 Å². The summed E-state index contributed by atoms with van der Waals surface area (Å²) in [6, 6.07) is 16.8. The molecular formula is C23H20N4O4. The van der Waals surface area contributed by atoms with E-state index in [0.29, 0.717) is 42.7 Å². The summed E-state index contributed by atoms with van der Waals surface area (Å²) in [6.07, 6.45) is 1.18. The standard InChI is InChI=1S/C23H20N4O4/c1-29-19-10-9-17(15-6-2-3-7-16(15)19)23(28)27-12-13-30-20(14-27)22-25-21(26-31-22)18-8-4-5-11-24-18/h2-11,20H,12-14H2,1H3/t20-/m0/s1. The Labute approximate surface area is 178 Å². The van der Waals surface area contributed by atoms with Crippen LogP contribution >= 0.6 is 0 Å². The Morgan fingerprint density at radius 2 is 1.94 bits per heavy atom. The highest BCUT2D eigenvalue weighted by Crippen LogP contribution is 2.30. The summed E-state index contributed by atoms with van der Waals surface area (Å²) >= 11 is 0. The molecule has 31 heavy (non-hydrogen) atoms. The van der Waals surface area contributed by atoms with E-state index < -0.39 is 6.10 Å². The van der Waals surface area contributed by atoms with E-state index in [1.54, 1.807) is 30.3 Å². The topological polar surface area (TPSA) is 90.6 Å². The summed E-state index contributed by atoms with van der Waals surface area (Å²) in [6.45, 7) is 1.19. The first-order valence-electron chi connectivity index (χ1n) is 9.96. The van der Waals surface area contributed by atoms with Crippen LogP contribution in [0.2, 0.25) is 0 Å². The fourth-order valence-electron chi connectivity index (χ4n) is 3.75. The van der Waals surface area contributed by atoms with E-state index in [1.165, 1.54) is 0 Å². The van der Waals surface area contributed by atoms with Crippen LogP contribution < -0.4 is 4.74 Å². The van der Waals surface area contributed by atoms with Crippen molar-refractivity contribution in [3.05, 3.63) is 72.2 Å². The predicted octanol–water partition coefficient (Wildman–Crippen LogP) is 3.51. The van der Waals surface area contributed by atoms with E-state index in [1.807, 2.05) is 42.5 Å². The minimum atomic E-state index is -0.493. The first kappa shape index (κ1) is 19.2. The zero-order valence-corrected chi connectivity index (χ0v) is 16.9. The number of nitrogens with zero attached hydrogens (tertiary/aromatic N) is 4. The highest BCUT2D eigenvalue weighted by Gasteiger charge is 2.31. The fraction of sp³-hybridized carbons (Fsp3) is 0.217. The van der Waals surface area contributed by atoms with Crippen LogP contribution in [0.5, 0.6) is 5.75 Å². The van der Waals surface area contributed by atoms with Crippen molar-refractivity contribution >= 4 is 16.7 Å². The van der Waals surface area contributed by atoms with Crippen LogP contribution in [0.15, 0.2) is 65.3 Å². The normalized spacial score (nSPS) is 16.4. The quantitative estimate of drug-likeness (QED) is 0.503. The second kappa shape index (κ2) is 8.16. The van der Waals surface area contributed by atoms with Crippen molar-refractivity contribution in [1.82, 2.24) is 20.0 Å². The molecule has 1 fully saturated rings. The van der Waals surface area contributed by atoms with Crippen LogP contribution in [0.1, 0.15) is 22.4 Å². The molecule has 8 nitrogen and oxygen atoms in total. The van der Waals surface area contributed by atoms with Gasteiger partial charge >= 0.3 is 0 Å².